The van der Waals surface area contributed by atoms with Gasteiger partial charge in [0, 0.05) is 16.7 Å². The van der Waals surface area contributed by atoms with E-state index in [0.717, 1.165) is 51.4 Å². The van der Waals surface area contributed by atoms with Crippen molar-refractivity contribution in [1.82, 2.24) is 0 Å². The fourth-order valence-electron chi connectivity index (χ4n) is 10.2. The summed E-state index contributed by atoms with van der Waals surface area (Å²) in [5.41, 5.74) is 3.00. The fourth-order valence-corrected chi connectivity index (χ4v) is 10.2. The Labute approximate surface area is 207 Å². The number of aliphatic hydroxyl groups is 3. The third-order valence-electron chi connectivity index (χ3n) is 12.1. The van der Waals surface area contributed by atoms with Gasteiger partial charge in [-0.05, 0) is 86.7 Å². The quantitative estimate of drug-likeness (QED) is 0.568. The molecule has 2 aliphatic heterocycles. The first-order valence-electron chi connectivity index (χ1n) is 13.9. The first kappa shape index (κ1) is 23.1. The van der Waals surface area contributed by atoms with Gasteiger partial charge in [0.15, 0.2) is 17.7 Å². The van der Waals surface area contributed by atoms with Gasteiger partial charge in [0.2, 0.25) is 0 Å². The number of ketones is 1. The number of allylic oxidation sites excluding steroid dienone is 3. The number of hydrogen-bond acceptors (Lipinski definition) is 6. The molecule has 7 rings (SSSR count). The van der Waals surface area contributed by atoms with Gasteiger partial charge < -0.3 is 24.8 Å². The zero-order valence-electron chi connectivity index (χ0n) is 21.4. The minimum Gasteiger partial charge on any atom is -0.393 e. The second-order valence-corrected chi connectivity index (χ2v) is 13.4. The highest BCUT2D eigenvalue weighted by atomic mass is 16.7. The van der Waals surface area contributed by atoms with Crippen molar-refractivity contribution in [3.8, 4) is 0 Å². The smallest absolute Gasteiger partial charge is 0.164 e. The molecule has 2 saturated carbocycles. The van der Waals surface area contributed by atoms with Crippen molar-refractivity contribution < 1.29 is 29.6 Å². The van der Waals surface area contributed by atoms with Crippen LogP contribution in [0.2, 0.25) is 0 Å². The van der Waals surface area contributed by atoms with Gasteiger partial charge in [-0.25, -0.2) is 0 Å². The van der Waals surface area contributed by atoms with Crippen LogP contribution >= 0.6 is 0 Å². The molecule has 0 amide bonds. The molecule has 11 unspecified atom stereocenters. The van der Waals surface area contributed by atoms with Gasteiger partial charge in [-0.3, -0.25) is 4.79 Å². The zero-order chi connectivity index (χ0) is 24.7. The number of fused-ring (bicyclic) bond motifs is 4. The van der Waals surface area contributed by atoms with E-state index in [1.165, 1.54) is 12.5 Å². The Morgan fingerprint density at radius 3 is 2.66 bits per heavy atom. The molecule has 6 nitrogen and oxygen atoms in total. The summed E-state index contributed by atoms with van der Waals surface area (Å²) in [5, 5.41) is 32.9. The lowest BCUT2D eigenvalue weighted by atomic mass is 9.53. The molecule has 4 fully saturated rings. The largest absolute Gasteiger partial charge is 0.393 e. The van der Waals surface area contributed by atoms with Crippen molar-refractivity contribution in [2.75, 3.05) is 0 Å². The highest BCUT2D eigenvalue weighted by molar-refractivity contribution is 5.86. The van der Waals surface area contributed by atoms with Crippen LogP contribution < -0.4 is 0 Å². The molecule has 0 aromatic heterocycles. The van der Waals surface area contributed by atoms with E-state index in [-0.39, 0.29) is 46.1 Å². The average Bonchev–Trinajstić information content (AvgIpc) is 3.03. The number of carbonyl (C=O) groups excluding carboxylic acids is 1. The monoisotopic (exact) mass is 484 g/mol. The second-order valence-electron chi connectivity index (χ2n) is 13.4. The summed E-state index contributed by atoms with van der Waals surface area (Å²) in [6.45, 7) is 7.50. The van der Waals surface area contributed by atoms with Crippen LogP contribution in [0.15, 0.2) is 22.8 Å². The Morgan fingerprint density at radius 2 is 1.94 bits per heavy atom. The fraction of sp³-hybridized carbons (Fsp3) is 0.828. The Kier molecular flexibility index (Phi) is 4.54. The van der Waals surface area contributed by atoms with Crippen LogP contribution in [0.25, 0.3) is 0 Å². The topological polar surface area (TPSA) is 96.2 Å². The van der Waals surface area contributed by atoms with E-state index in [9.17, 15) is 20.1 Å². The highest BCUT2D eigenvalue weighted by Crippen LogP contribution is 2.86. The van der Waals surface area contributed by atoms with Gasteiger partial charge in [0.1, 0.15) is 6.10 Å². The number of carbonyl (C=O) groups is 1. The van der Waals surface area contributed by atoms with E-state index in [4.69, 9.17) is 9.47 Å². The van der Waals surface area contributed by atoms with Crippen LogP contribution in [0.3, 0.4) is 0 Å². The standard InChI is InChI=1S/C29H40O6/c1-14(2)29(33,15(3)30)24-23-22(25(32)35-24)28-13-27(28)10-8-19-18(20(27)12-21(28)34-23)6-5-16-11-17(31)7-9-26(16,19)4/h12,14,16-17,21-25,31-33H,5-11,13H2,1-4H3. The Bertz CT molecular complexity index is 1060. The number of ether oxygens (including phenoxy) is 2. The summed E-state index contributed by atoms with van der Waals surface area (Å²) >= 11 is 0. The van der Waals surface area contributed by atoms with Gasteiger partial charge in [0.05, 0.1) is 18.3 Å². The summed E-state index contributed by atoms with van der Waals surface area (Å²) in [7, 11) is 0. The third kappa shape index (κ3) is 2.47. The summed E-state index contributed by atoms with van der Waals surface area (Å²) in [6.07, 6.45) is 8.01. The van der Waals surface area contributed by atoms with Gasteiger partial charge in [-0.15, -0.1) is 0 Å². The van der Waals surface area contributed by atoms with Crippen LogP contribution in [0.1, 0.15) is 79.1 Å². The maximum Gasteiger partial charge on any atom is 0.164 e. The summed E-state index contributed by atoms with van der Waals surface area (Å²) in [5.74, 6) is -0.334. The highest BCUT2D eigenvalue weighted by Gasteiger charge is 2.85. The maximum atomic E-state index is 12.6. The van der Waals surface area contributed by atoms with Crippen LogP contribution in [0.5, 0.6) is 0 Å². The summed E-state index contributed by atoms with van der Waals surface area (Å²) < 4.78 is 12.7. The maximum absolute atomic E-state index is 12.6. The van der Waals surface area contributed by atoms with Gasteiger partial charge in [0.25, 0.3) is 0 Å². The van der Waals surface area contributed by atoms with Crippen molar-refractivity contribution in [2.24, 2.45) is 34.0 Å². The molecule has 0 bridgehead atoms. The molecule has 2 saturated heterocycles. The van der Waals surface area contributed by atoms with Gasteiger partial charge in [-0.2, -0.15) is 0 Å². The molecule has 0 radical (unpaired) electrons. The summed E-state index contributed by atoms with van der Waals surface area (Å²) in [6, 6.07) is 0. The number of hydrogen-bond donors (Lipinski definition) is 3. The first-order chi connectivity index (χ1) is 16.5. The number of Topliss-reactive ketones (excluding diaryl/α,β-unsaturated/α-hetero) is 1. The molecular weight excluding hydrogens is 444 g/mol. The predicted octanol–water partition coefficient (Wildman–Crippen LogP) is 3.43. The molecule has 0 aromatic rings. The van der Waals surface area contributed by atoms with Crippen LogP contribution in [0, 0.1) is 34.0 Å². The Morgan fingerprint density at radius 1 is 1.17 bits per heavy atom. The minimum atomic E-state index is -1.68. The number of aliphatic hydroxyl groups excluding tert-OH is 2. The molecular formula is C29H40O6. The van der Waals surface area contributed by atoms with Crippen LogP contribution in [-0.4, -0.2) is 57.4 Å². The molecule has 2 spiro atoms. The predicted molar refractivity (Wildman–Crippen MR) is 128 cm³/mol. The van der Waals surface area contributed by atoms with Gasteiger partial charge in [-0.1, -0.05) is 32.4 Å². The van der Waals surface area contributed by atoms with E-state index in [0.29, 0.717) is 5.92 Å². The Balaban J connectivity index is 1.26. The molecule has 35 heavy (non-hydrogen) atoms. The van der Waals surface area contributed by atoms with E-state index < -0.39 is 24.1 Å². The Hall–Kier alpha value is -1.05. The molecule has 7 aliphatic rings. The van der Waals surface area contributed by atoms with Crippen molar-refractivity contribution >= 4 is 5.78 Å². The van der Waals surface area contributed by atoms with Crippen molar-refractivity contribution in [3.05, 3.63) is 22.8 Å². The SMILES string of the molecule is CC(=O)C(O)(C(C)C)C1OC(O)C2C1OC1C=C3C4=C(CCC35CC125)C1(C)CCC(O)CC1CC4. The van der Waals surface area contributed by atoms with E-state index >= 15 is 0 Å². The first-order valence-corrected chi connectivity index (χ1v) is 13.9. The van der Waals surface area contributed by atoms with Crippen LogP contribution in [-0.2, 0) is 14.3 Å². The lowest BCUT2D eigenvalue weighted by Gasteiger charge is -2.52. The van der Waals surface area contributed by atoms with E-state index in [1.807, 2.05) is 13.8 Å². The normalized spacial score (nSPS) is 53.1. The molecule has 192 valence electrons. The van der Waals surface area contributed by atoms with Crippen molar-refractivity contribution in [2.45, 2.75) is 115 Å². The molecule has 6 heteroatoms. The van der Waals surface area contributed by atoms with Crippen molar-refractivity contribution in [3.63, 3.8) is 0 Å². The summed E-state index contributed by atoms with van der Waals surface area (Å²) in [4.78, 5) is 12.6. The third-order valence-corrected chi connectivity index (χ3v) is 12.1. The zero-order valence-corrected chi connectivity index (χ0v) is 21.4. The second kappa shape index (κ2) is 6.87. The average molecular weight is 485 g/mol. The molecule has 2 heterocycles. The van der Waals surface area contributed by atoms with Crippen LogP contribution in [0.4, 0.5) is 0 Å². The lowest BCUT2D eigenvalue weighted by molar-refractivity contribution is -0.201. The molecule has 5 aliphatic carbocycles. The van der Waals surface area contributed by atoms with Crippen molar-refractivity contribution in [1.29, 1.82) is 0 Å². The van der Waals surface area contributed by atoms with E-state index in [2.05, 4.69) is 13.0 Å². The van der Waals surface area contributed by atoms with Gasteiger partial charge >= 0.3 is 0 Å². The minimum absolute atomic E-state index is 0.0265. The lowest BCUT2D eigenvalue weighted by Crippen LogP contribution is -2.57. The molecule has 0 aromatic carbocycles. The molecule has 3 N–H and O–H groups in total. The number of rotatable bonds is 3. The molecule has 11 atom stereocenters. The van der Waals surface area contributed by atoms with E-state index in [1.54, 1.807) is 11.1 Å².